The maximum Gasteiger partial charge on any atom is 0.433 e. The minimum Gasteiger partial charge on any atom is -0.323 e. The van der Waals surface area contributed by atoms with Crippen LogP contribution in [0.4, 0.5) is 32.0 Å². The van der Waals surface area contributed by atoms with Gasteiger partial charge in [0, 0.05) is 11.6 Å². The number of nitrogens with zero attached hydrogens (tertiary/aromatic N) is 1. The van der Waals surface area contributed by atoms with Crippen LogP contribution in [0, 0.1) is 24.4 Å². The number of hydrogen-bond acceptors (Lipinski definition) is 3. The van der Waals surface area contributed by atoms with E-state index in [0.717, 1.165) is 6.92 Å². The number of fused-ring (bicyclic) bond motifs is 1. The van der Waals surface area contributed by atoms with E-state index in [2.05, 4.69) is 4.98 Å². The van der Waals surface area contributed by atoms with Crippen LogP contribution in [0.2, 0.25) is 0 Å². The predicted octanol–water partition coefficient (Wildman–Crippen LogP) is 3.26. The third-order valence-corrected chi connectivity index (χ3v) is 2.76. The van der Waals surface area contributed by atoms with Crippen molar-refractivity contribution in [3.63, 3.8) is 0 Å². The lowest BCUT2D eigenvalue weighted by Crippen LogP contribution is -2.17. The van der Waals surface area contributed by atoms with Gasteiger partial charge in [-0.2, -0.15) is 13.2 Å². The molecule has 0 bridgehead atoms. The summed E-state index contributed by atoms with van der Waals surface area (Å²) in [6.07, 6.45) is -4.92. The van der Waals surface area contributed by atoms with E-state index in [-0.39, 0.29) is 6.07 Å². The Bertz CT molecular complexity index is 695. The zero-order chi connectivity index (χ0) is 15.2. The molecular weight excluding hydrogens is 288 g/mol. The number of alkyl halides is 3. The van der Waals surface area contributed by atoms with Crippen LogP contribution in [0.1, 0.15) is 11.3 Å². The van der Waals surface area contributed by atoms with Crippen molar-refractivity contribution < 1.29 is 26.3 Å². The highest BCUT2D eigenvalue weighted by molar-refractivity contribution is 5.94. The summed E-state index contributed by atoms with van der Waals surface area (Å²) in [5, 5.41) is -0.642. The molecule has 0 unspecified atom stereocenters. The molecule has 3 N–H and O–H groups in total. The summed E-state index contributed by atoms with van der Waals surface area (Å²) in [6.45, 7) is 0.991. The number of nitrogen functional groups attached to an aromatic ring is 1. The fraction of sp³-hybridized carbons (Fsp3) is 0.182. The van der Waals surface area contributed by atoms with Crippen LogP contribution in [0.25, 0.3) is 10.9 Å². The first-order valence-corrected chi connectivity index (χ1v) is 5.20. The largest absolute Gasteiger partial charge is 0.433 e. The van der Waals surface area contributed by atoms with Crippen LogP contribution in [0.15, 0.2) is 6.07 Å². The zero-order valence-electron chi connectivity index (χ0n) is 9.87. The van der Waals surface area contributed by atoms with Crippen LogP contribution in [0.5, 0.6) is 0 Å². The summed E-state index contributed by atoms with van der Waals surface area (Å²) in [5.41, 5.74) is -1.69. The predicted molar refractivity (Wildman–Crippen MR) is 59.2 cm³/mol. The maximum absolute atomic E-state index is 13.7. The molecular formula is C11H7F6N3. The lowest BCUT2D eigenvalue weighted by Gasteiger charge is -2.16. The quantitative estimate of drug-likeness (QED) is 0.367. The molecule has 1 aromatic carbocycles. The number of halogens is 6. The van der Waals surface area contributed by atoms with Gasteiger partial charge in [0.05, 0.1) is 11.1 Å². The molecule has 0 fully saturated rings. The fourth-order valence-corrected chi connectivity index (χ4v) is 1.88. The molecule has 1 heterocycles. The van der Waals surface area contributed by atoms with Crippen LogP contribution >= 0.6 is 0 Å². The second-order valence-electron chi connectivity index (χ2n) is 3.98. The van der Waals surface area contributed by atoms with Crippen molar-refractivity contribution in [1.82, 2.24) is 4.98 Å². The van der Waals surface area contributed by atoms with Gasteiger partial charge in [0.1, 0.15) is 17.0 Å². The first-order valence-electron chi connectivity index (χ1n) is 5.20. The Hall–Kier alpha value is -2.03. The van der Waals surface area contributed by atoms with Gasteiger partial charge in [0.2, 0.25) is 0 Å². The molecule has 0 saturated carbocycles. The molecule has 2 aromatic rings. The molecule has 20 heavy (non-hydrogen) atoms. The summed E-state index contributed by atoms with van der Waals surface area (Å²) in [5.74, 6) is 0.476. The van der Waals surface area contributed by atoms with E-state index >= 15 is 0 Å². The van der Waals surface area contributed by atoms with E-state index in [1.54, 1.807) is 0 Å². The van der Waals surface area contributed by atoms with Crippen LogP contribution in [-0.2, 0) is 6.18 Å². The number of nitrogens with one attached hydrogen (secondary N) is 1. The second kappa shape index (κ2) is 4.51. The maximum atomic E-state index is 13.7. The Morgan fingerprint density at radius 1 is 1.15 bits per heavy atom. The van der Waals surface area contributed by atoms with E-state index in [1.165, 1.54) is 0 Å². The minimum absolute atomic E-state index is 0.215. The third-order valence-electron chi connectivity index (χ3n) is 2.76. The van der Waals surface area contributed by atoms with Crippen molar-refractivity contribution in [3.05, 3.63) is 34.8 Å². The Kier molecular flexibility index (Phi) is 3.24. The number of rotatable bonds is 1. The second-order valence-corrected chi connectivity index (χ2v) is 3.98. The molecule has 0 radical (unpaired) electrons. The molecule has 0 amide bonds. The normalized spacial score (nSPS) is 12.0. The summed E-state index contributed by atoms with van der Waals surface area (Å²) in [7, 11) is 0. The molecule has 0 aliphatic rings. The SMILES string of the molecule is Cc1c(C(F)(F)F)nc2c(F)c(F)cc(F)c2c1NN. The molecule has 0 atom stereocenters. The van der Waals surface area contributed by atoms with Gasteiger partial charge in [-0.05, 0) is 6.92 Å². The average molecular weight is 295 g/mol. The van der Waals surface area contributed by atoms with Crippen LogP contribution < -0.4 is 11.3 Å². The Morgan fingerprint density at radius 2 is 1.75 bits per heavy atom. The molecule has 108 valence electrons. The number of nitrogens with two attached hydrogens (primary N) is 1. The average Bonchev–Trinajstić information content (AvgIpc) is 2.34. The van der Waals surface area contributed by atoms with Crippen molar-refractivity contribution in [3.8, 4) is 0 Å². The molecule has 9 heteroatoms. The number of hydrogen-bond donors (Lipinski definition) is 2. The third kappa shape index (κ3) is 2.03. The van der Waals surface area contributed by atoms with Crippen molar-refractivity contribution in [2.45, 2.75) is 13.1 Å². The fourth-order valence-electron chi connectivity index (χ4n) is 1.88. The summed E-state index contributed by atoms with van der Waals surface area (Å²) in [4.78, 5) is 3.00. The number of pyridine rings is 1. The summed E-state index contributed by atoms with van der Waals surface area (Å²) >= 11 is 0. The van der Waals surface area contributed by atoms with Gasteiger partial charge in [-0.25, -0.2) is 18.2 Å². The van der Waals surface area contributed by atoms with Crippen molar-refractivity contribution >= 4 is 16.6 Å². The Morgan fingerprint density at radius 3 is 2.25 bits per heavy atom. The topological polar surface area (TPSA) is 50.9 Å². The highest BCUT2D eigenvalue weighted by Gasteiger charge is 2.37. The molecule has 2 rings (SSSR count). The van der Waals surface area contributed by atoms with Gasteiger partial charge in [-0.3, -0.25) is 5.84 Å². The Labute approximate surface area is 108 Å². The van der Waals surface area contributed by atoms with Gasteiger partial charge in [0.15, 0.2) is 11.6 Å². The lowest BCUT2D eigenvalue weighted by atomic mass is 10.1. The van der Waals surface area contributed by atoms with Crippen molar-refractivity contribution in [2.75, 3.05) is 5.43 Å². The van der Waals surface area contributed by atoms with Crippen LogP contribution in [0.3, 0.4) is 0 Å². The number of anilines is 1. The molecule has 0 aliphatic carbocycles. The van der Waals surface area contributed by atoms with Gasteiger partial charge in [-0.15, -0.1) is 0 Å². The standard InChI is InChI=1S/C11H7F6N3/c1-3-8(20-18)6-4(12)2-5(13)7(14)9(6)19-10(3)11(15,16)17/h2H,18H2,1H3,(H,19,20). The number of aromatic nitrogens is 1. The smallest absolute Gasteiger partial charge is 0.323 e. The summed E-state index contributed by atoms with van der Waals surface area (Å²) in [6, 6.07) is 0.215. The molecule has 0 aliphatic heterocycles. The van der Waals surface area contributed by atoms with E-state index in [0.29, 0.717) is 0 Å². The van der Waals surface area contributed by atoms with Gasteiger partial charge in [0.25, 0.3) is 0 Å². The van der Waals surface area contributed by atoms with Crippen molar-refractivity contribution in [2.24, 2.45) is 5.84 Å². The van der Waals surface area contributed by atoms with Gasteiger partial charge >= 0.3 is 6.18 Å². The molecule has 1 aromatic heterocycles. The number of benzene rings is 1. The van der Waals surface area contributed by atoms with Crippen molar-refractivity contribution in [1.29, 1.82) is 0 Å². The first kappa shape index (κ1) is 14.4. The highest BCUT2D eigenvalue weighted by atomic mass is 19.4. The van der Waals surface area contributed by atoms with Gasteiger partial charge in [-0.1, -0.05) is 0 Å². The lowest BCUT2D eigenvalue weighted by molar-refractivity contribution is -0.141. The minimum atomic E-state index is -4.92. The molecule has 0 spiro atoms. The van der Waals surface area contributed by atoms with E-state index in [4.69, 9.17) is 5.84 Å². The van der Waals surface area contributed by atoms with Gasteiger partial charge < -0.3 is 5.43 Å². The number of hydrazine groups is 1. The van der Waals surface area contributed by atoms with E-state index in [9.17, 15) is 26.3 Å². The Balaban J connectivity index is 3.04. The molecule has 0 saturated heterocycles. The van der Waals surface area contributed by atoms with E-state index < -0.39 is 51.5 Å². The van der Waals surface area contributed by atoms with Crippen LogP contribution in [-0.4, -0.2) is 4.98 Å². The monoisotopic (exact) mass is 295 g/mol. The zero-order valence-corrected chi connectivity index (χ0v) is 9.87. The van der Waals surface area contributed by atoms with E-state index in [1.807, 2.05) is 5.43 Å². The summed E-state index contributed by atoms with van der Waals surface area (Å²) < 4.78 is 78.7. The molecule has 3 nitrogen and oxygen atoms in total. The first-order chi connectivity index (χ1) is 9.18. The highest BCUT2D eigenvalue weighted by Crippen LogP contribution is 2.38.